The van der Waals surface area contributed by atoms with Crippen molar-refractivity contribution in [3.8, 4) is 0 Å². The van der Waals surface area contributed by atoms with E-state index in [0.717, 1.165) is 25.9 Å². The Morgan fingerprint density at radius 1 is 1.40 bits per heavy atom. The molecule has 0 bridgehead atoms. The molecule has 0 aromatic carbocycles. The maximum Gasteiger partial charge on any atom is 0.356 e. The lowest BCUT2D eigenvalue weighted by molar-refractivity contribution is 0.0594. The predicted molar refractivity (Wildman–Crippen MR) is 81.9 cm³/mol. The Kier molecular flexibility index (Phi) is 8.80. The first-order valence-electron chi connectivity index (χ1n) is 5.76. The van der Waals surface area contributed by atoms with Crippen LogP contribution < -0.4 is 5.32 Å². The molecule has 1 N–H and O–H groups in total. The summed E-state index contributed by atoms with van der Waals surface area (Å²) in [5.41, 5.74) is 0.254. The van der Waals surface area contributed by atoms with Gasteiger partial charge in [0.1, 0.15) is 12.1 Å². The van der Waals surface area contributed by atoms with Gasteiger partial charge in [0.05, 0.1) is 7.11 Å². The summed E-state index contributed by atoms with van der Waals surface area (Å²) in [6, 6.07) is 1.92. The number of esters is 1. The number of nitrogens with zero attached hydrogens (tertiary/aromatic N) is 3. The van der Waals surface area contributed by atoms with Crippen molar-refractivity contribution < 1.29 is 9.53 Å². The van der Waals surface area contributed by atoms with E-state index in [4.69, 9.17) is 11.8 Å². The van der Waals surface area contributed by atoms with Crippen molar-refractivity contribution in [1.82, 2.24) is 14.4 Å². The van der Waals surface area contributed by atoms with Gasteiger partial charge in [0, 0.05) is 25.2 Å². The number of aromatic nitrogens is 2. The normalized spacial score (nSPS) is 15.7. The molecule has 0 unspecified atom stereocenters. The van der Waals surface area contributed by atoms with E-state index < -0.39 is 5.97 Å². The summed E-state index contributed by atoms with van der Waals surface area (Å²) in [6.45, 7) is 1.68. The van der Waals surface area contributed by atoms with Crippen LogP contribution in [-0.4, -0.2) is 46.6 Å². The Morgan fingerprint density at radius 2 is 2.05 bits per heavy atom. The van der Waals surface area contributed by atoms with Crippen molar-refractivity contribution in [2.24, 2.45) is 0 Å². The maximum absolute atomic E-state index is 11.3. The van der Waals surface area contributed by atoms with E-state index in [-0.39, 0.29) is 30.5 Å². The summed E-state index contributed by atoms with van der Waals surface area (Å²) in [6.07, 6.45) is 3.24. The fraction of sp³-hybridized carbons (Fsp3) is 0.545. The molecule has 1 aliphatic heterocycles. The molecular weight excluding hydrogens is 327 g/mol. The van der Waals surface area contributed by atoms with Gasteiger partial charge in [-0.25, -0.2) is 19.2 Å². The first-order chi connectivity index (χ1) is 8.69. The van der Waals surface area contributed by atoms with Gasteiger partial charge in [0.25, 0.3) is 0 Å². The molecule has 20 heavy (non-hydrogen) atoms. The van der Waals surface area contributed by atoms with E-state index >= 15 is 0 Å². The second-order valence-corrected chi connectivity index (χ2v) is 4.59. The number of nitrogens with one attached hydrogen (secondary N) is 1. The van der Waals surface area contributed by atoms with Crippen LogP contribution in [0.3, 0.4) is 0 Å². The van der Waals surface area contributed by atoms with E-state index in [2.05, 4.69) is 20.0 Å². The number of carbonyl (C=O) groups is 1. The van der Waals surface area contributed by atoms with Crippen molar-refractivity contribution in [1.29, 1.82) is 0 Å². The Bertz CT molecular complexity index is 428. The average Bonchev–Trinajstić information content (AvgIpc) is 2.41. The molecule has 1 aliphatic rings. The number of hydrogen-bond donors (Lipinski definition) is 1. The van der Waals surface area contributed by atoms with Crippen LogP contribution in [0.15, 0.2) is 12.4 Å². The highest BCUT2D eigenvalue weighted by Gasteiger charge is 2.18. The molecule has 1 saturated heterocycles. The van der Waals surface area contributed by atoms with Gasteiger partial charge in [-0.3, -0.25) is 0 Å². The lowest BCUT2D eigenvalue weighted by Crippen LogP contribution is -2.34. The van der Waals surface area contributed by atoms with Crippen molar-refractivity contribution >= 4 is 48.4 Å². The van der Waals surface area contributed by atoms with Gasteiger partial charge in [0.2, 0.25) is 0 Å². The van der Waals surface area contributed by atoms with E-state index in [1.54, 1.807) is 10.5 Å². The molecule has 0 aliphatic carbocycles. The van der Waals surface area contributed by atoms with Crippen molar-refractivity contribution in [2.45, 2.75) is 18.9 Å². The third kappa shape index (κ3) is 5.28. The van der Waals surface area contributed by atoms with Crippen LogP contribution in [0.25, 0.3) is 0 Å². The number of hydrogen-bond acceptors (Lipinski definition) is 6. The molecule has 9 heteroatoms. The summed E-state index contributed by atoms with van der Waals surface area (Å²) in [5, 5.41) is 3.28. The highest BCUT2D eigenvalue weighted by Crippen LogP contribution is 2.16. The standard InChI is InChI=1S/C11H15ClN4O2.2ClH/c1-18-11(17)9-6-10(14-7-13-9)15-8-2-4-16(12)5-3-8;;/h6-8H,2-5H2,1H3,(H,13,14,15);2*1H. The fourth-order valence-corrected chi connectivity index (χ4v) is 2.05. The number of halogens is 3. The monoisotopic (exact) mass is 342 g/mol. The quantitative estimate of drug-likeness (QED) is 0.670. The predicted octanol–water partition coefficient (Wildman–Crippen LogP) is 2.14. The summed E-state index contributed by atoms with van der Waals surface area (Å²) in [4.78, 5) is 19.3. The third-order valence-electron chi connectivity index (χ3n) is 2.85. The Hall–Kier alpha value is -0.820. The zero-order valence-electron chi connectivity index (χ0n) is 10.9. The van der Waals surface area contributed by atoms with Crippen LogP contribution in [0, 0.1) is 0 Å². The number of piperidine rings is 1. The molecule has 0 radical (unpaired) electrons. The van der Waals surface area contributed by atoms with Gasteiger partial charge < -0.3 is 10.1 Å². The van der Waals surface area contributed by atoms with E-state index in [9.17, 15) is 4.79 Å². The molecule has 1 fully saturated rings. The van der Waals surface area contributed by atoms with Gasteiger partial charge in [-0.05, 0) is 24.6 Å². The van der Waals surface area contributed by atoms with Crippen LogP contribution in [0.1, 0.15) is 23.3 Å². The molecule has 2 heterocycles. The van der Waals surface area contributed by atoms with Gasteiger partial charge in [0.15, 0.2) is 5.69 Å². The smallest absolute Gasteiger partial charge is 0.356 e. The molecule has 0 saturated carbocycles. The molecule has 6 nitrogen and oxygen atoms in total. The molecule has 1 aromatic rings. The van der Waals surface area contributed by atoms with Crippen molar-refractivity contribution in [3.05, 3.63) is 18.1 Å². The Labute approximate surface area is 135 Å². The molecule has 0 amide bonds. The first-order valence-corrected chi connectivity index (χ1v) is 6.10. The minimum atomic E-state index is -0.462. The summed E-state index contributed by atoms with van der Waals surface area (Å²) < 4.78 is 6.39. The van der Waals surface area contributed by atoms with Crippen LogP contribution in [0.5, 0.6) is 0 Å². The second-order valence-electron chi connectivity index (χ2n) is 4.11. The zero-order chi connectivity index (χ0) is 13.0. The lowest BCUT2D eigenvalue weighted by Gasteiger charge is -2.27. The number of anilines is 1. The SMILES string of the molecule is COC(=O)c1cc(NC2CCN(Cl)CC2)ncn1.Cl.Cl. The first kappa shape index (κ1) is 19.2. The summed E-state index contributed by atoms with van der Waals surface area (Å²) >= 11 is 5.89. The fourth-order valence-electron chi connectivity index (χ4n) is 1.85. The largest absolute Gasteiger partial charge is 0.464 e. The molecule has 0 spiro atoms. The lowest BCUT2D eigenvalue weighted by atomic mass is 10.1. The van der Waals surface area contributed by atoms with E-state index in [0.29, 0.717) is 11.9 Å². The Balaban J connectivity index is 0.00000180. The van der Waals surface area contributed by atoms with Crippen LogP contribution in [0.4, 0.5) is 5.82 Å². The van der Waals surface area contributed by atoms with Gasteiger partial charge in [-0.1, -0.05) is 0 Å². The highest BCUT2D eigenvalue weighted by atomic mass is 35.5. The van der Waals surface area contributed by atoms with Crippen LogP contribution in [0.2, 0.25) is 0 Å². The van der Waals surface area contributed by atoms with Gasteiger partial charge >= 0.3 is 5.97 Å². The Morgan fingerprint density at radius 3 is 2.65 bits per heavy atom. The minimum absolute atomic E-state index is 0. The average molecular weight is 344 g/mol. The minimum Gasteiger partial charge on any atom is -0.464 e. The van der Waals surface area contributed by atoms with Crippen molar-refractivity contribution in [3.63, 3.8) is 0 Å². The van der Waals surface area contributed by atoms with Crippen molar-refractivity contribution in [2.75, 3.05) is 25.5 Å². The topological polar surface area (TPSA) is 67.3 Å². The molecule has 114 valence electrons. The second kappa shape index (κ2) is 9.18. The van der Waals surface area contributed by atoms with E-state index in [1.165, 1.54) is 13.4 Å². The summed E-state index contributed by atoms with van der Waals surface area (Å²) in [7, 11) is 1.33. The van der Waals surface area contributed by atoms with Crippen LogP contribution >= 0.6 is 36.6 Å². The number of ether oxygens (including phenoxy) is 1. The summed E-state index contributed by atoms with van der Waals surface area (Å²) in [5.74, 6) is 0.175. The van der Waals surface area contributed by atoms with E-state index in [1.807, 2.05) is 0 Å². The number of methoxy groups -OCH3 is 1. The van der Waals surface area contributed by atoms with Gasteiger partial charge in [-0.15, -0.1) is 24.8 Å². The van der Waals surface area contributed by atoms with Crippen LogP contribution in [-0.2, 0) is 4.74 Å². The highest BCUT2D eigenvalue weighted by molar-refractivity contribution is 6.13. The number of carbonyl (C=O) groups excluding carboxylic acids is 1. The molecule has 0 atom stereocenters. The third-order valence-corrected chi connectivity index (χ3v) is 3.19. The number of rotatable bonds is 3. The molecular formula is C11H17Cl3N4O2. The molecule has 2 rings (SSSR count). The van der Waals surface area contributed by atoms with Gasteiger partial charge in [-0.2, -0.15) is 0 Å². The zero-order valence-corrected chi connectivity index (χ0v) is 13.3. The molecule has 1 aromatic heterocycles. The maximum atomic E-state index is 11.3.